The van der Waals surface area contributed by atoms with Gasteiger partial charge in [-0.05, 0) is 30.7 Å². The Hall–Kier alpha value is -1.92. The Balaban J connectivity index is 2.31. The molecule has 0 amide bonds. The van der Waals surface area contributed by atoms with Gasteiger partial charge in [0.25, 0.3) is 0 Å². The third-order valence-corrected chi connectivity index (χ3v) is 2.61. The van der Waals surface area contributed by atoms with E-state index in [1.165, 1.54) is 0 Å². The standard InChI is InChI=1S/C12H15N3O3/c1-7-5-8(3-4-10(7)17-2)11-14-12(18-15-11)9(13)6-16/h3-5,9,16H,6,13H2,1-2H3. The molecule has 0 radical (unpaired) electrons. The highest BCUT2D eigenvalue weighted by Gasteiger charge is 2.15. The highest BCUT2D eigenvalue weighted by Crippen LogP contribution is 2.24. The first-order valence-electron chi connectivity index (χ1n) is 5.50. The average Bonchev–Trinajstić information content (AvgIpc) is 2.87. The van der Waals surface area contributed by atoms with Crippen LogP contribution in [-0.2, 0) is 0 Å². The maximum Gasteiger partial charge on any atom is 0.246 e. The van der Waals surface area contributed by atoms with Gasteiger partial charge < -0.3 is 20.1 Å². The molecule has 96 valence electrons. The molecule has 6 nitrogen and oxygen atoms in total. The third kappa shape index (κ3) is 2.34. The summed E-state index contributed by atoms with van der Waals surface area (Å²) in [5.41, 5.74) is 7.39. The number of aryl methyl sites for hydroxylation is 1. The summed E-state index contributed by atoms with van der Waals surface area (Å²) in [5, 5.41) is 12.7. The minimum atomic E-state index is -0.648. The van der Waals surface area contributed by atoms with E-state index in [9.17, 15) is 0 Å². The van der Waals surface area contributed by atoms with Crippen LogP contribution < -0.4 is 10.5 Å². The molecule has 18 heavy (non-hydrogen) atoms. The van der Waals surface area contributed by atoms with Crippen molar-refractivity contribution in [2.24, 2.45) is 5.73 Å². The Bertz CT molecular complexity index is 539. The summed E-state index contributed by atoms with van der Waals surface area (Å²) in [7, 11) is 1.62. The summed E-state index contributed by atoms with van der Waals surface area (Å²) >= 11 is 0. The Morgan fingerprint density at radius 1 is 1.50 bits per heavy atom. The summed E-state index contributed by atoms with van der Waals surface area (Å²) in [5.74, 6) is 1.47. The Morgan fingerprint density at radius 3 is 2.89 bits per heavy atom. The van der Waals surface area contributed by atoms with Crippen molar-refractivity contribution < 1.29 is 14.4 Å². The van der Waals surface area contributed by atoms with Crippen LogP contribution in [0.25, 0.3) is 11.4 Å². The van der Waals surface area contributed by atoms with Gasteiger partial charge in [0.05, 0.1) is 13.7 Å². The molecule has 1 unspecified atom stereocenters. The molecule has 0 spiro atoms. The molecule has 0 bridgehead atoms. The highest BCUT2D eigenvalue weighted by molar-refractivity contribution is 5.58. The quantitative estimate of drug-likeness (QED) is 0.840. The van der Waals surface area contributed by atoms with Crippen LogP contribution >= 0.6 is 0 Å². The van der Waals surface area contributed by atoms with E-state index in [1.54, 1.807) is 7.11 Å². The number of nitrogens with zero attached hydrogens (tertiary/aromatic N) is 2. The fraction of sp³-hybridized carbons (Fsp3) is 0.333. The van der Waals surface area contributed by atoms with E-state index >= 15 is 0 Å². The topological polar surface area (TPSA) is 94.4 Å². The van der Waals surface area contributed by atoms with Crippen molar-refractivity contribution in [3.8, 4) is 17.1 Å². The zero-order chi connectivity index (χ0) is 13.1. The Kier molecular flexibility index (Phi) is 3.59. The van der Waals surface area contributed by atoms with Gasteiger partial charge in [0.1, 0.15) is 11.8 Å². The van der Waals surface area contributed by atoms with E-state index < -0.39 is 6.04 Å². The number of aliphatic hydroxyl groups is 1. The lowest BCUT2D eigenvalue weighted by atomic mass is 10.1. The van der Waals surface area contributed by atoms with Crippen molar-refractivity contribution in [3.63, 3.8) is 0 Å². The average molecular weight is 249 g/mol. The second-order valence-electron chi connectivity index (χ2n) is 3.93. The molecule has 0 aliphatic heterocycles. The highest BCUT2D eigenvalue weighted by atomic mass is 16.5. The van der Waals surface area contributed by atoms with Gasteiger partial charge in [-0.3, -0.25) is 0 Å². The molecule has 6 heteroatoms. The van der Waals surface area contributed by atoms with E-state index in [4.69, 9.17) is 20.1 Å². The smallest absolute Gasteiger partial charge is 0.246 e. The van der Waals surface area contributed by atoms with Crippen molar-refractivity contribution in [1.29, 1.82) is 0 Å². The van der Waals surface area contributed by atoms with Gasteiger partial charge in [-0.25, -0.2) is 0 Å². The number of methoxy groups -OCH3 is 1. The van der Waals surface area contributed by atoms with Crippen LogP contribution in [0, 0.1) is 6.92 Å². The predicted molar refractivity (Wildman–Crippen MR) is 65.0 cm³/mol. The summed E-state index contributed by atoms with van der Waals surface area (Å²) < 4.78 is 10.2. The van der Waals surface area contributed by atoms with Crippen molar-refractivity contribution >= 4 is 0 Å². The van der Waals surface area contributed by atoms with Crippen molar-refractivity contribution in [3.05, 3.63) is 29.7 Å². The van der Waals surface area contributed by atoms with E-state index in [-0.39, 0.29) is 12.5 Å². The van der Waals surface area contributed by atoms with Gasteiger partial charge in [-0.1, -0.05) is 5.16 Å². The zero-order valence-corrected chi connectivity index (χ0v) is 10.3. The lowest BCUT2D eigenvalue weighted by Crippen LogP contribution is -2.14. The molecule has 0 fully saturated rings. The minimum Gasteiger partial charge on any atom is -0.496 e. The first-order chi connectivity index (χ1) is 8.65. The fourth-order valence-electron chi connectivity index (χ4n) is 1.60. The number of benzene rings is 1. The summed E-state index contributed by atoms with van der Waals surface area (Å²) in [6, 6.07) is 4.93. The van der Waals surface area contributed by atoms with E-state index in [2.05, 4.69) is 10.1 Å². The van der Waals surface area contributed by atoms with Crippen molar-refractivity contribution in [1.82, 2.24) is 10.1 Å². The van der Waals surface area contributed by atoms with Crippen LogP contribution in [0.1, 0.15) is 17.5 Å². The van der Waals surface area contributed by atoms with Gasteiger partial charge in [-0.15, -0.1) is 0 Å². The molecule has 0 aliphatic carbocycles. The lowest BCUT2D eigenvalue weighted by molar-refractivity contribution is 0.237. The molecule has 0 saturated heterocycles. The molecule has 2 rings (SSSR count). The first kappa shape index (κ1) is 12.5. The molecule has 2 aromatic rings. The summed E-state index contributed by atoms with van der Waals surface area (Å²) in [4.78, 5) is 4.14. The van der Waals surface area contributed by atoms with E-state index in [1.807, 2.05) is 25.1 Å². The number of rotatable bonds is 4. The summed E-state index contributed by atoms with van der Waals surface area (Å²) in [6.45, 7) is 1.70. The zero-order valence-electron chi connectivity index (χ0n) is 10.3. The Morgan fingerprint density at radius 2 is 2.28 bits per heavy atom. The largest absolute Gasteiger partial charge is 0.496 e. The van der Waals surface area contributed by atoms with E-state index in [0.29, 0.717) is 5.82 Å². The maximum absolute atomic E-state index is 8.91. The fourth-order valence-corrected chi connectivity index (χ4v) is 1.60. The predicted octanol–water partition coefficient (Wildman–Crippen LogP) is 1.05. The molecule has 1 atom stereocenters. The SMILES string of the molecule is COc1ccc(-c2noc(C(N)CO)n2)cc1C. The van der Waals surface area contributed by atoms with Gasteiger partial charge in [0.15, 0.2) is 0 Å². The first-order valence-corrected chi connectivity index (χ1v) is 5.50. The molecule has 3 N–H and O–H groups in total. The maximum atomic E-state index is 8.91. The molecular formula is C12H15N3O3. The molecule has 0 aliphatic rings. The number of aliphatic hydroxyl groups excluding tert-OH is 1. The van der Waals surface area contributed by atoms with Crippen molar-refractivity contribution in [2.75, 3.05) is 13.7 Å². The van der Waals surface area contributed by atoms with Crippen LogP contribution in [0.4, 0.5) is 0 Å². The van der Waals surface area contributed by atoms with Crippen molar-refractivity contribution in [2.45, 2.75) is 13.0 Å². The second-order valence-corrected chi connectivity index (χ2v) is 3.93. The van der Waals surface area contributed by atoms with Crippen LogP contribution in [0.2, 0.25) is 0 Å². The van der Waals surface area contributed by atoms with Crippen LogP contribution in [-0.4, -0.2) is 29.0 Å². The Labute approximate surface area is 104 Å². The molecule has 1 aromatic carbocycles. The van der Waals surface area contributed by atoms with Gasteiger partial charge in [0, 0.05) is 5.56 Å². The summed E-state index contributed by atoms with van der Waals surface area (Å²) in [6.07, 6.45) is 0. The minimum absolute atomic E-state index is 0.223. The third-order valence-electron chi connectivity index (χ3n) is 2.61. The number of hydrogen-bond acceptors (Lipinski definition) is 6. The van der Waals surface area contributed by atoms with E-state index in [0.717, 1.165) is 16.9 Å². The van der Waals surface area contributed by atoms with Gasteiger partial charge in [0.2, 0.25) is 11.7 Å². The normalized spacial score (nSPS) is 12.4. The monoisotopic (exact) mass is 249 g/mol. The van der Waals surface area contributed by atoms with Crippen LogP contribution in [0.3, 0.4) is 0 Å². The molecule has 1 aromatic heterocycles. The number of nitrogens with two attached hydrogens (primary N) is 1. The molecule has 1 heterocycles. The second kappa shape index (κ2) is 5.16. The van der Waals surface area contributed by atoms with Crippen LogP contribution in [0.15, 0.2) is 22.7 Å². The lowest BCUT2D eigenvalue weighted by Gasteiger charge is -2.04. The number of aromatic nitrogens is 2. The van der Waals surface area contributed by atoms with Crippen LogP contribution in [0.5, 0.6) is 5.75 Å². The van der Waals surface area contributed by atoms with Gasteiger partial charge >= 0.3 is 0 Å². The molecular weight excluding hydrogens is 234 g/mol. The molecule has 0 saturated carbocycles. The number of hydrogen-bond donors (Lipinski definition) is 2. The number of ether oxygens (including phenoxy) is 1. The van der Waals surface area contributed by atoms with Gasteiger partial charge in [-0.2, -0.15) is 4.98 Å².